The van der Waals surface area contributed by atoms with E-state index in [4.69, 9.17) is 16.3 Å². The highest BCUT2D eigenvalue weighted by Gasteiger charge is 2.43. The lowest BCUT2D eigenvalue weighted by Gasteiger charge is -2.21. The molecule has 0 bridgehead atoms. The molecule has 1 aliphatic heterocycles. The number of imide groups is 1. The number of carbonyl (C=O) groups excluding carboxylic acids is 2. The molecule has 0 radical (unpaired) electrons. The Morgan fingerprint density at radius 3 is 2.29 bits per heavy atom. The van der Waals surface area contributed by atoms with Crippen LogP contribution in [0.3, 0.4) is 0 Å². The second-order valence-corrected chi connectivity index (χ2v) is 7.27. The van der Waals surface area contributed by atoms with E-state index >= 15 is 0 Å². The molecule has 156 valence electrons. The Morgan fingerprint density at radius 1 is 0.935 bits per heavy atom. The molecule has 1 heterocycles. The van der Waals surface area contributed by atoms with E-state index in [1.807, 2.05) is 30.3 Å². The van der Waals surface area contributed by atoms with Crippen molar-refractivity contribution in [3.63, 3.8) is 0 Å². The lowest BCUT2D eigenvalue weighted by atomic mass is 10.0. The number of rotatable bonds is 5. The van der Waals surface area contributed by atoms with Gasteiger partial charge in [0, 0.05) is 18.3 Å². The molecule has 0 saturated carbocycles. The summed E-state index contributed by atoms with van der Waals surface area (Å²) in [5.41, 5.74) is 1.77. The van der Waals surface area contributed by atoms with E-state index in [2.05, 4.69) is 0 Å². The van der Waals surface area contributed by atoms with Crippen LogP contribution in [-0.4, -0.2) is 26.0 Å². The van der Waals surface area contributed by atoms with Crippen molar-refractivity contribution in [1.29, 1.82) is 0 Å². The number of ether oxygens (including phenoxy) is 1. The summed E-state index contributed by atoms with van der Waals surface area (Å²) in [6, 6.07) is 19.9. The van der Waals surface area contributed by atoms with Crippen LogP contribution in [-0.2, 0) is 9.59 Å². The Bertz CT molecular complexity index is 1210. The summed E-state index contributed by atoms with van der Waals surface area (Å²) in [5.74, 6) is -1.27. The zero-order valence-electron chi connectivity index (χ0n) is 16.8. The van der Waals surface area contributed by atoms with Crippen molar-refractivity contribution in [2.75, 3.05) is 24.0 Å². The maximum absolute atomic E-state index is 13.7. The average molecular weight is 437 g/mol. The summed E-state index contributed by atoms with van der Waals surface area (Å²) in [4.78, 5) is 29.8. The molecule has 3 aromatic carbocycles. The fourth-order valence-electron chi connectivity index (χ4n) is 3.56. The van der Waals surface area contributed by atoms with Crippen molar-refractivity contribution < 1.29 is 18.7 Å². The van der Waals surface area contributed by atoms with Gasteiger partial charge >= 0.3 is 0 Å². The second kappa shape index (κ2) is 8.24. The molecule has 0 aromatic heterocycles. The summed E-state index contributed by atoms with van der Waals surface area (Å²) >= 11 is 5.92. The van der Waals surface area contributed by atoms with E-state index in [0.717, 1.165) is 16.7 Å². The van der Waals surface area contributed by atoms with Crippen molar-refractivity contribution >= 4 is 40.4 Å². The van der Waals surface area contributed by atoms with Gasteiger partial charge in [0.15, 0.2) is 0 Å². The van der Waals surface area contributed by atoms with Crippen LogP contribution in [0.4, 0.5) is 15.8 Å². The van der Waals surface area contributed by atoms with Gasteiger partial charge in [0.2, 0.25) is 0 Å². The number of amides is 2. The first kappa shape index (κ1) is 20.6. The van der Waals surface area contributed by atoms with Gasteiger partial charge in [-0.05, 0) is 36.4 Å². The van der Waals surface area contributed by atoms with Crippen LogP contribution < -0.4 is 14.5 Å². The highest BCUT2D eigenvalue weighted by molar-refractivity contribution is 6.46. The number of carbonyl (C=O) groups is 2. The molecule has 7 heteroatoms. The zero-order chi connectivity index (χ0) is 22.1. The number of benzene rings is 3. The molecule has 0 N–H and O–H groups in total. The lowest BCUT2D eigenvalue weighted by Crippen LogP contribution is -2.34. The molecule has 3 aromatic rings. The summed E-state index contributed by atoms with van der Waals surface area (Å²) < 4.78 is 19.1. The SMILES string of the molecule is COc1ccccc1C1=C(N(C)c2ccccc2)C(=O)N(c2ccc(F)c(Cl)c2)C1=O. The third-order valence-electron chi connectivity index (χ3n) is 5.08. The molecule has 0 spiro atoms. The third kappa shape index (κ3) is 3.55. The molecule has 1 aliphatic rings. The minimum atomic E-state index is -0.635. The molecule has 0 fully saturated rings. The Kier molecular flexibility index (Phi) is 5.48. The van der Waals surface area contributed by atoms with Crippen LogP contribution >= 0.6 is 11.6 Å². The Hall–Kier alpha value is -3.64. The number of nitrogens with zero attached hydrogens (tertiary/aromatic N) is 2. The highest BCUT2D eigenvalue weighted by Crippen LogP contribution is 2.39. The fourth-order valence-corrected chi connectivity index (χ4v) is 3.74. The number of hydrogen-bond acceptors (Lipinski definition) is 4. The van der Waals surface area contributed by atoms with Gasteiger partial charge in [-0.3, -0.25) is 9.59 Å². The number of halogens is 2. The van der Waals surface area contributed by atoms with Crippen molar-refractivity contribution in [1.82, 2.24) is 0 Å². The van der Waals surface area contributed by atoms with Gasteiger partial charge in [0.25, 0.3) is 11.8 Å². The minimum absolute atomic E-state index is 0.179. The zero-order valence-corrected chi connectivity index (χ0v) is 17.6. The van der Waals surface area contributed by atoms with Crippen LogP contribution in [0.15, 0.2) is 78.5 Å². The molecule has 31 heavy (non-hydrogen) atoms. The second-order valence-electron chi connectivity index (χ2n) is 6.86. The molecule has 4 rings (SSSR count). The first-order chi connectivity index (χ1) is 14.9. The largest absolute Gasteiger partial charge is 0.496 e. The predicted molar refractivity (Wildman–Crippen MR) is 119 cm³/mol. The Morgan fingerprint density at radius 2 is 1.61 bits per heavy atom. The minimum Gasteiger partial charge on any atom is -0.496 e. The molecule has 2 amide bonds. The standard InChI is InChI=1S/C24H18ClFN2O3/c1-27(15-8-4-3-5-9-15)22-21(17-10-6-7-11-20(17)31-2)23(29)28(24(22)30)16-12-13-19(26)18(25)14-16/h3-14H,1-2H3. The molecule has 0 unspecified atom stereocenters. The Labute approximate surface area is 183 Å². The van der Waals surface area contributed by atoms with Crippen LogP contribution in [0.5, 0.6) is 5.75 Å². The van der Waals surface area contributed by atoms with Crippen molar-refractivity contribution in [2.45, 2.75) is 0 Å². The number of hydrogen-bond donors (Lipinski definition) is 0. The summed E-state index contributed by atoms with van der Waals surface area (Å²) in [6.45, 7) is 0. The molecule has 0 saturated heterocycles. The first-order valence-electron chi connectivity index (χ1n) is 9.44. The van der Waals surface area contributed by atoms with Gasteiger partial charge in [-0.25, -0.2) is 9.29 Å². The number of methoxy groups -OCH3 is 1. The number of likely N-dealkylation sites (N-methyl/N-ethyl adjacent to an activating group) is 1. The number of para-hydroxylation sites is 2. The van der Waals surface area contributed by atoms with Crippen molar-refractivity contribution in [2.24, 2.45) is 0 Å². The van der Waals surface area contributed by atoms with Gasteiger partial charge in [-0.2, -0.15) is 0 Å². The molecular weight excluding hydrogens is 419 g/mol. The van der Waals surface area contributed by atoms with Gasteiger partial charge in [-0.1, -0.05) is 48.0 Å². The first-order valence-corrected chi connectivity index (χ1v) is 9.82. The quantitative estimate of drug-likeness (QED) is 0.533. The van der Waals surface area contributed by atoms with E-state index in [9.17, 15) is 14.0 Å². The van der Waals surface area contributed by atoms with E-state index in [1.54, 1.807) is 36.2 Å². The monoisotopic (exact) mass is 436 g/mol. The smallest absolute Gasteiger partial charge is 0.282 e. The fraction of sp³-hybridized carbons (Fsp3) is 0.0833. The van der Waals surface area contributed by atoms with E-state index in [-0.39, 0.29) is 22.0 Å². The van der Waals surface area contributed by atoms with Crippen LogP contribution in [0.2, 0.25) is 5.02 Å². The van der Waals surface area contributed by atoms with Crippen LogP contribution in [0, 0.1) is 5.82 Å². The maximum Gasteiger partial charge on any atom is 0.282 e. The highest BCUT2D eigenvalue weighted by atomic mass is 35.5. The summed E-state index contributed by atoms with van der Waals surface area (Å²) in [6.07, 6.45) is 0. The van der Waals surface area contributed by atoms with E-state index < -0.39 is 17.6 Å². The third-order valence-corrected chi connectivity index (χ3v) is 5.37. The summed E-state index contributed by atoms with van der Waals surface area (Å²) in [5, 5.41) is -0.179. The van der Waals surface area contributed by atoms with Crippen molar-refractivity contribution in [3.8, 4) is 5.75 Å². The Balaban J connectivity index is 1.92. The maximum atomic E-state index is 13.7. The van der Waals surface area contributed by atoms with Gasteiger partial charge in [-0.15, -0.1) is 0 Å². The summed E-state index contributed by atoms with van der Waals surface area (Å²) in [7, 11) is 3.21. The van der Waals surface area contributed by atoms with Crippen LogP contribution in [0.1, 0.15) is 5.56 Å². The molecular formula is C24H18ClFN2O3. The van der Waals surface area contributed by atoms with Crippen molar-refractivity contribution in [3.05, 3.63) is 94.9 Å². The van der Waals surface area contributed by atoms with Crippen LogP contribution in [0.25, 0.3) is 5.57 Å². The predicted octanol–water partition coefficient (Wildman–Crippen LogP) is 4.91. The lowest BCUT2D eigenvalue weighted by molar-refractivity contribution is -0.120. The normalized spacial score (nSPS) is 13.7. The number of anilines is 2. The average Bonchev–Trinajstić information content (AvgIpc) is 3.05. The molecule has 0 atom stereocenters. The van der Waals surface area contributed by atoms with Gasteiger partial charge < -0.3 is 9.64 Å². The van der Waals surface area contributed by atoms with E-state index in [1.165, 1.54) is 19.2 Å². The van der Waals surface area contributed by atoms with Gasteiger partial charge in [0.1, 0.15) is 17.3 Å². The topological polar surface area (TPSA) is 49.9 Å². The molecule has 0 aliphatic carbocycles. The molecule has 5 nitrogen and oxygen atoms in total. The van der Waals surface area contributed by atoms with E-state index in [0.29, 0.717) is 11.3 Å². The van der Waals surface area contributed by atoms with Gasteiger partial charge in [0.05, 0.1) is 23.4 Å².